The fourth-order valence-corrected chi connectivity index (χ4v) is 6.33. The number of fused-ring (bicyclic) bond motifs is 8. The molecule has 5 aromatic carbocycles. The molecule has 4 heterocycles. The lowest BCUT2D eigenvalue weighted by Gasteiger charge is -2.16. The summed E-state index contributed by atoms with van der Waals surface area (Å²) >= 11 is 0. The summed E-state index contributed by atoms with van der Waals surface area (Å²) in [6, 6.07) is 42.3. The fraction of sp³-hybridized carbons (Fsp3) is 0. The topological polar surface area (TPSA) is 52.9 Å². The Balaban J connectivity index is 1.38. The first-order valence-electron chi connectivity index (χ1n) is 13.6. The van der Waals surface area contributed by atoms with E-state index in [1.54, 1.807) is 6.33 Å². The molecule has 6 nitrogen and oxygen atoms in total. The third-order valence-corrected chi connectivity index (χ3v) is 8.02. The summed E-state index contributed by atoms with van der Waals surface area (Å²) in [6.07, 6.45) is 3.56. The van der Waals surface area contributed by atoms with Gasteiger partial charge in [0.1, 0.15) is 12.1 Å². The van der Waals surface area contributed by atoms with Crippen LogP contribution >= 0.6 is 0 Å². The van der Waals surface area contributed by atoms with Crippen molar-refractivity contribution in [2.45, 2.75) is 0 Å². The van der Waals surface area contributed by atoms with Crippen molar-refractivity contribution in [3.63, 3.8) is 0 Å². The summed E-state index contributed by atoms with van der Waals surface area (Å²) in [5.74, 6) is 1.71. The third kappa shape index (κ3) is 3.04. The Kier molecular flexibility index (Phi) is 4.51. The molecule has 9 rings (SSSR count). The van der Waals surface area contributed by atoms with Crippen LogP contribution < -0.4 is 0 Å². The van der Waals surface area contributed by atoms with Crippen LogP contribution in [-0.2, 0) is 0 Å². The number of benzene rings is 5. The maximum Gasteiger partial charge on any atom is 0.220 e. The average molecular weight is 527 g/mol. The molecule has 0 saturated heterocycles. The molecule has 192 valence electrons. The van der Waals surface area contributed by atoms with Crippen LogP contribution in [0, 0.1) is 0 Å². The maximum atomic E-state index is 5.11. The van der Waals surface area contributed by atoms with Crippen molar-refractivity contribution < 1.29 is 0 Å². The third-order valence-electron chi connectivity index (χ3n) is 8.02. The van der Waals surface area contributed by atoms with Crippen molar-refractivity contribution in [3.05, 3.63) is 134 Å². The predicted octanol–water partition coefficient (Wildman–Crippen LogP) is 7.99. The van der Waals surface area contributed by atoms with Gasteiger partial charge in [0.15, 0.2) is 0 Å². The van der Waals surface area contributed by atoms with E-state index in [0.717, 1.165) is 61.5 Å². The molecule has 0 bridgehead atoms. The number of nitrogens with zero attached hydrogens (tertiary/aromatic N) is 6. The molecule has 6 heteroatoms. The van der Waals surface area contributed by atoms with Gasteiger partial charge in [-0.15, -0.1) is 0 Å². The van der Waals surface area contributed by atoms with Crippen molar-refractivity contribution in [1.29, 1.82) is 0 Å². The lowest BCUT2D eigenvalue weighted by molar-refractivity contribution is 1.04. The van der Waals surface area contributed by atoms with Crippen LogP contribution in [0.2, 0.25) is 0 Å². The highest BCUT2D eigenvalue weighted by Crippen LogP contribution is 2.38. The van der Waals surface area contributed by atoms with E-state index in [-0.39, 0.29) is 0 Å². The molecular weight excluding hydrogens is 504 g/mol. The van der Waals surface area contributed by atoms with Crippen LogP contribution in [0.4, 0.5) is 0 Å². The highest BCUT2D eigenvalue weighted by molar-refractivity contribution is 6.09. The summed E-state index contributed by atoms with van der Waals surface area (Å²) in [7, 11) is 0. The van der Waals surface area contributed by atoms with Gasteiger partial charge < -0.3 is 0 Å². The van der Waals surface area contributed by atoms with E-state index >= 15 is 0 Å². The monoisotopic (exact) mass is 526 g/mol. The van der Waals surface area contributed by atoms with Gasteiger partial charge in [0.2, 0.25) is 5.78 Å². The largest absolute Gasteiger partial charge is 0.293 e. The van der Waals surface area contributed by atoms with Gasteiger partial charge in [0, 0.05) is 28.1 Å². The number of rotatable bonds is 3. The molecule has 0 aliphatic heterocycles. The molecule has 0 aliphatic carbocycles. The summed E-state index contributed by atoms with van der Waals surface area (Å²) < 4.78 is 6.76. The number of hydrogen-bond acceptors (Lipinski definition) is 3. The molecule has 0 atom stereocenters. The molecule has 0 amide bonds. The van der Waals surface area contributed by atoms with Gasteiger partial charge in [-0.25, -0.2) is 15.0 Å². The minimum absolute atomic E-state index is 0.839. The van der Waals surface area contributed by atoms with Gasteiger partial charge >= 0.3 is 0 Å². The number of imidazole rings is 2. The molecule has 9 aromatic rings. The summed E-state index contributed by atoms with van der Waals surface area (Å²) in [5.41, 5.74) is 9.46. The lowest BCUT2D eigenvalue weighted by Crippen LogP contribution is -2.04. The van der Waals surface area contributed by atoms with E-state index in [9.17, 15) is 0 Å². The summed E-state index contributed by atoms with van der Waals surface area (Å²) in [5, 5.41) is 2.39. The molecule has 0 unspecified atom stereocenters. The first-order valence-corrected chi connectivity index (χ1v) is 13.6. The molecule has 0 saturated carbocycles. The van der Waals surface area contributed by atoms with Crippen molar-refractivity contribution >= 4 is 49.7 Å². The second kappa shape index (κ2) is 8.37. The number of aromatic nitrogens is 6. The van der Waals surface area contributed by atoms with Crippen molar-refractivity contribution in [2.24, 2.45) is 0 Å². The molecule has 0 spiro atoms. The van der Waals surface area contributed by atoms with Crippen LogP contribution in [0.15, 0.2) is 134 Å². The molecule has 41 heavy (non-hydrogen) atoms. The van der Waals surface area contributed by atoms with Gasteiger partial charge in [-0.2, -0.15) is 0 Å². The standard InChI is InChI=1S/C35H22N6/c1-5-15-28-23(11-1)24-12-2-6-16-29(24)39(28)34-26(21-36-22-37-34)25-13-3-7-17-30(25)40-32-19-9-10-20-33(32)41-31-18-8-4-14-27(31)38-35(40)41/h1-22H. The maximum absolute atomic E-state index is 5.11. The van der Waals surface area contributed by atoms with Crippen LogP contribution in [0.25, 0.3) is 72.3 Å². The van der Waals surface area contributed by atoms with E-state index in [0.29, 0.717) is 0 Å². The minimum atomic E-state index is 0.839. The lowest BCUT2D eigenvalue weighted by atomic mass is 10.0. The van der Waals surface area contributed by atoms with Gasteiger partial charge in [-0.1, -0.05) is 78.9 Å². The van der Waals surface area contributed by atoms with Crippen molar-refractivity contribution in [2.75, 3.05) is 0 Å². The van der Waals surface area contributed by atoms with E-state index in [1.807, 2.05) is 12.3 Å². The van der Waals surface area contributed by atoms with E-state index < -0.39 is 0 Å². The van der Waals surface area contributed by atoms with Gasteiger partial charge in [0.05, 0.1) is 38.8 Å². The van der Waals surface area contributed by atoms with Gasteiger partial charge in [-0.05, 0) is 42.5 Å². The first-order chi connectivity index (χ1) is 20.4. The van der Waals surface area contributed by atoms with Crippen LogP contribution in [0.1, 0.15) is 0 Å². The van der Waals surface area contributed by atoms with E-state index in [1.165, 1.54) is 10.8 Å². The highest BCUT2D eigenvalue weighted by atomic mass is 15.2. The zero-order chi connectivity index (χ0) is 26.9. The predicted molar refractivity (Wildman–Crippen MR) is 165 cm³/mol. The molecule has 0 fully saturated rings. The Morgan fingerprint density at radius 3 is 1.88 bits per heavy atom. The summed E-state index contributed by atoms with van der Waals surface area (Å²) in [6.45, 7) is 0. The SMILES string of the molecule is c1ccc(-n2c3ccccc3n3c4ccccc4nc23)c(-c2cncnc2-n2c3ccccc3c3ccccc32)c1. The van der Waals surface area contributed by atoms with Gasteiger partial charge in [0.25, 0.3) is 0 Å². The molecule has 0 aliphatic rings. The Morgan fingerprint density at radius 2 is 1.10 bits per heavy atom. The average Bonchev–Trinajstić information content (AvgIpc) is 3.68. The number of hydrogen-bond donors (Lipinski definition) is 0. The van der Waals surface area contributed by atoms with E-state index in [4.69, 9.17) is 9.97 Å². The van der Waals surface area contributed by atoms with Crippen molar-refractivity contribution in [1.82, 2.24) is 28.5 Å². The second-order valence-corrected chi connectivity index (χ2v) is 10.2. The van der Waals surface area contributed by atoms with Crippen LogP contribution in [0.3, 0.4) is 0 Å². The first kappa shape index (κ1) is 22.1. The number of para-hydroxylation sites is 7. The normalized spacial score (nSPS) is 11.9. The minimum Gasteiger partial charge on any atom is -0.293 e. The van der Waals surface area contributed by atoms with Crippen LogP contribution in [-0.4, -0.2) is 28.5 Å². The van der Waals surface area contributed by atoms with Crippen molar-refractivity contribution in [3.8, 4) is 22.6 Å². The highest BCUT2D eigenvalue weighted by Gasteiger charge is 2.22. The Bertz CT molecular complexity index is 2390. The Labute approximate surface area is 234 Å². The molecule has 0 radical (unpaired) electrons. The molecular formula is C35H22N6. The summed E-state index contributed by atoms with van der Waals surface area (Å²) in [4.78, 5) is 14.5. The molecule has 4 aromatic heterocycles. The zero-order valence-corrected chi connectivity index (χ0v) is 21.9. The molecule has 0 N–H and O–H groups in total. The smallest absolute Gasteiger partial charge is 0.220 e. The van der Waals surface area contributed by atoms with Gasteiger partial charge in [-0.3, -0.25) is 13.5 Å². The second-order valence-electron chi connectivity index (χ2n) is 10.2. The Hall–Kier alpha value is -5.75. The zero-order valence-electron chi connectivity index (χ0n) is 21.9. The van der Waals surface area contributed by atoms with E-state index in [2.05, 4.69) is 134 Å². The van der Waals surface area contributed by atoms with Crippen LogP contribution in [0.5, 0.6) is 0 Å². The fourth-order valence-electron chi connectivity index (χ4n) is 6.33. The quantitative estimate of drug-likeness (QED) is 0.234. The Morgan fingerprint density at radius 1 is 0.488 bits per heavy atom.